The van der Waals surface area contributed by atoms with Gasteiger partial charge in [0.05, 0.1) is 11.5 Å². The number of nitro benzene ring substituents is 1. The van der Waals surface area contributed by atoms with Crippen LogP contribution < -0.4 is 15.4 Å². The number of hydrogen-bond donors (Lipinski definition) is 3. The van der Waals surface area contributed by atoms with Crippen molar-refractivity contribution in [3.63, 3.8) is 0 Å². The summed E-state index contributed by atoms with van der Waals surface area (Å²) in [5, 5.41) is 16.0. The molecule has 1 aromatic carbocycles. The number of carbonyl (C=O) groups excluding carboxylic acids is 1. The third-order valence-electron chi connectivity index (χ3n) is 2.53. The highest BCUT2D eigenvalue weighted by Crippen LogP contribution is 2.26. The number of sulfonamides is 1. The zero-order valence-corrected chi connectivity index (χ0v) is 12.4. The maximum Gasteiger partial charge on any atom is 0.289 e. The number of anilines is 1. The average molecular weight is 316 g/mol. The van der Waals surface area contributed by atoms with Crippen LogP contribution in [0.25, 0.3) is 0 Å². The van der Waals surface area contributed by atoms with E-state index in [1.165, 1.54) is 6.07 Å². The monoisotopic (exact) mass is 316 g/mol. The Morgan fingerprint density at radius 2 is 2.05 bits per heavy atom. The predicted octanol–water partition coefficient (Wildman–Crippen LogP) is 0.0509. The van der Waals surface area contributed by atoms with Gasteiger partial charge in [-0.2, -0.15) is 0 Å². The Kier molecular flexibility index (Phi) is 5.61. The molecule has 116 valence electrons. The lowest BCUT2D eigenvalue weighted by Crippen LogP contribution is -2.36. The van der Waals surface area contributed by atoms with Crippen molar-refractivity contribution in [2.45, 2.75) is 11.8 Å². The summed E-state index contributed by atoms with van der Waals surface area (Å²) >= 11 is 0. The van der Waals surface area contributed by atoms with Gasteiger partial charge >= 0.3 is 0 Å². The molecule has 0 atom stereocenters. The summed E-state index contributed by atoms with van der Waals surface area (Å²) in [5.41, 5.74) is -0.156. The van der Waals surface area contributed by atoms with Crippen molar-refractivity contribution in [1.29, 1.82) is 0 Å². The van der Waals surface area contributed by atoms with E-state index in [4.69, 9.17) is 0 Å². The highest BCUT2D eigenvalue weighted by molar-refractivity contribution is 7.89. The molecule has 9 nitrogen and oxygen atoms in total. The summed E-state index contributed by atoms with van der Waals surface area (Å²) in [6.07, 6.45) is 0. The minimum atomic E-state index is -4.17. The second kappa shape index (κ2) is 6.99. The summed E-state index contributed by atoms with van der Waals surface area (Å²) in [6, 6.07) is 3.62. The standard InChI is InChI=1S/C11H16N4O5S/c1-3-13-11(16)7-14-21(19,20)10-6-8(12-2)4-5-9(10)15(17)18/h4-6,12,14H,3,7H2,1-2H3,(H,13,16). The molecule has 0 bridgehead atoms. The molecule has 0 fully saturated rings. The van der Waals surface area contributed by atoms with Crippen molar-refractivity contribution >= 4 is 27.3 Å². The Hall–Kier alpha value is -2.20. The van der Waals surface area contributed by atoms with Crippen LogP contribution in [0.4, 0.5) is 11.4 Å². The van der Waals surface area contributed by atoms with Crippen molar-refractivity contribution in [3.8, 4) is 0 Å². The van der Waals surface area contributed by atoms with Crippen LogP contribution in [0.3, 0.4) is 0 Å². The quantitative estimate of drug-likeness (QED) is 0.481. The molecule has 0 aliphatic carbocycles. The Balaban J connectivity index is 3.11. The van der Waals surface area contributed by atoms with Crippen molar-refractivity contribution in [2.75, 3.05) is 25.5 Å². The van der Waals surface area contributed by atoms with E-state index in [2.05, 4.69) is 10.6 Å². The van der Waals surface area contributed by atoms with E-state index in [0.717, 1.165) is 12.1 Å². The Labute approximate surface area is 121 Å². The maximum absolute atomic E-state index is 12.1. The van der Waals surface area contributed by atoms with Crippen LogP contribution in [-0.4, -0.2) is 39.4 Å². The average Bonchev–Trinajstić information content (AvgIpc) is 2.44. The Morgan fingerprint density at radius 1 is 1.38 bits per heavy atom. The molecule has 0 spiro atoms. The molecule has 1 rings (SSSR count). The number of amides is 1. The molecule has 0 aliphatic rings. The third kappa shape index (κ3) is 4.39. The second-order valence-electron chi connectivity index (χ2n) is 3.97. The lowest BCUT2D eigenvalue weighted by Gasteiger charge is -2.09. The van der Waals surface area contributed by atoms with E-state index < -0.39 is 38.0 Å². The van der Waals surface area contributed by atoms with E-state index in [1.807, 2.05) is 4.72 Å². The largest absolute Gasteiger partial charge is 0.388 e. The summed E-state index contributed by atoms with van der Waals surface area (Å²) in [5.74, 6) is -0.520. The van der Waals surface area contributed by atoms with Gasteiger partial charge in [0.25, 0.3) is 5.69 Å². The first-order valence-electron chi connectivity index (χ1n) is 6.04. The first-order valence-corrected chi connectivity index (χ1v) is 7.52. The zero-order valence-electron chi connectivity index (χ0n) is 11.5. The Bertz CT molecular complexity index is 644. The van der Waals surface area contributed by atoms with Gasteiger partial charge in [0.15, 0.2) is 4.90 Å². The van der Waals surface area contributed by atoms with Crippen LogP contribution in [0.2, 0.25) is 0 Å². The fourth-order valence-corrected chi connectivity index (χ4v) is 2.71. The van der Waals surface area contributed by atoms with E-state index in [1.54, 1.807) is 14.0 Å². The van der Waals surface area contributed by atoms with E-state index >= 15 is 0 Å². The SMILES string of the molecule is CCNC(=O)CNS(=O)(=O)c1cc(NC)ccc1[N+](=O)[O-]. The van der Waals surface area contributed by atoms with Crippen LogP contribution >= 0.6 is 0 Å². The number of likely N-dealkylation sites (N-methyl/N-ethyl adjacent to an activating group) is 1. The molecule has 0 heterocycles. The van der Waals surface area contributed by atoms with Crippen molar-refractivity contribution in [3.05, 3.63) is 28.3 Å². The third-order valence-corrected chi connectivity index (χ3v) is 3.96. The number of nitrogens with zero attached hydrogens (tertiary/aromatic N) is 1. The minimum absolute atomic E-state index is 0.357. The normalized spacial score (nSPS) is 11.0. The van der Waals surface area contributed by atoms with E-state index in [9.17, 15) is 23.3 Å². The van der Waals surface area contributed by atoms with Crippen LogP contribution in [0.15, 0.2) is 23.1 Å². The van der Waals surface area contributed by atoms with Crippen molar-refractivity contribution in [2.24, 2.45) is 0 Å². The van der Waals surface area contributed by atoms with Gasteiger partial charge in [0.2, 0.25) is 15.9 Å². The molecule has 3 N–H and O–H groups in total. The van der Waals surface area contributed by atoms with Gasteiger partial charge in [-0.15, -0.1) is 0 Å². The lowest BCUT2D eigenvalue weighted by molar-refractivity contribution is -0.387. The maximum atomic E-state index is 12.1. The molecule has 0 unspecified atom stereocenters. The number of benzene rings is 1. The summed E-state index contributed by atoms with van der Waals surface area (Å²) in [6.45, 7) is 1.56. The van der Waals surface area contributed by atoms with Gasteiger partial charge in [0.1, 0.15) is 0 Å². The molecule has 1 aromatic rings. The van der Waals surface area contributed by atoms with Gasteiger partial charge in [-0.25, -0.2) is 13.1 Å². The predicted molar refractivity (Wildman–Crippen MR) is 76.5 cm³/mol. The first-order chi connectivity index (χ1) is 9.81. The van der Waals surface area contributed by atoms with Gasteiger partial charge in [-0.1, -0.05) is 0 Å². The van der Waals surface area contributed by atoms with Gasteiger partial charge in [0, 0.05) is 25.3 Å². The highest BCUT2D eigenvalue weighted by atomic mass is 32.2. The highest BCUT2D eigenvalue weighted by Gasteiger charge is 2.26. The molecule has 21 heavy (non-hydrogen) atoms. The smallest absolute Gasteiger partial charge is 0.289 e. The molecule has 0 saturated carbocycles. The second-order valence-corrected chi connectivity index (χ2v) is 5.70. The summed E-state index contributed by atoms with van der Waals surface area (Å²) in [7, 11) is -2.62. The number of carbonyl (C=O) groups is 1. The summed E-state index contributed by atoms with van der Waals surface area (Å²) in [4.78, 5) is 20.9. The number of rotatable bonds is 7. The number of nitro groups is 1. The molecule has 0 saturated heterocycles. The lowest BCUT2D eigenvalue weighted by atomic mass is 10.3. The van der Waals surface area contributed by atoms with E-state index in [-0.39, 0.29) is 0 Å². The van der Waals surface area contributed by atoms with Crippen molar-refractivity contribution < 1.29 is 18.1 Å². The summed E-state index contributed by atoms with van der Waals surface area (Å²) < 4.78 is 26.3. The van der Waals surface area contributed by atoms with Gasteiger partial charge in [-0.05, 0) is 19.1 Å². The van der Waals surface area contributed by atoms with Crippen LogP contribution in [0.5, 0.6) is 0 Å². The zero-order chi connectivity index (χ0) is 16.0. The number of nitrogens with one attached hydrogen (secondary N) is 3. The van der Waals surface area contributed by atoms with Gasteiger partial charge in [-0.3, -0.25) is 14.9 Å². The van der Waals surface area contributed by atoms with E-state index in [0.29, 0.717) is 12.2 Å². The van der Waals surface area contributed by atoms with Gasteiger partial charge < -0.3 is 10.6 Å². The topological polar surface area (TPSA) is 130 Å². The Morgan fingerprint density at radius 3 is 2.57 bits per heavy atom. The van der Waals surface area contributed by atoms with Crippen LogP contribution in [-0.2, 0) is 14.8 Å². The molecule has 0 radical (unpaired) electrons. The fourth-order valence-electron chi connectivity index (χ4n) is 1.53. The fraction of sp³-hybridized carbons (Fsp3) is 0.364. The molecule has 0 aromatic heterocycles. The number of hydrogen-bond acceptors (Lipinski definition) is 6. The first kappa shape index (κ1) is 16.9. The molecular formula is C11H16N4O5S. The van der Waals surface area contributed by atoms with Crippen molar-refractivity contribution in [1.82, 2.24) is 10.0 Å². The minimum Gasteiger partial charge on any atom is -0.388 e. The molecular weight excluding hydrogens is 300 g/mol. The van der Waals surface area contributed by atoms with Crippen LogP contribution in [0.1, 0.15) is 6.92 Å². The van der Waals surface area contributed by atoms with Crippen LogP contribution in [0, 0.1) is 10.1 Å². The molecule has 10 heteroatoms. The molecule has 1 amide bonds. The molecule has 0 aliphatic heterocycles.